The van der Waals surface area contributed by atoms with Crippen molar-refractivity contribution in [3.8, 4) is 0 Å². The summed E-state index contributed by atoms with van der Waals surface area (Å²) in [6.07, 6.45) is 1.45. The highest BCUT2D eigenvalue weighted by Crippen LogP contribution is 2.35. The number of benzene rings is 2. The summed E-state index contributed by atoms with van der Waals surface area (Å²) in [5.41, 5.74) is 2.33. The minimum absolute atomic E-state index is 0.00920. The van der Waals surface area contributed by atoms with Crippen molar-refractivity contribution in [3.63, 3.8) is 0 Å². The molecule has 4 rings (SSSR count). The van der Waals surface area contributed by atoms with Crippen molar-refractivity contribution >= 4 is 10.8 Å². The Bertz CT molecular complexity index is 710. The van der Waals surface area contributed by atoms with E-state index in [-0.39, 0.29) is 22.6 Å². The zero-order valence-electron chi connectivity index (χ0n) is 13.4. The maximum Gasteiger partial charge on any atom is 0.0560 e. The molecule has 2 aliphatic rings. The molecule has 2 aliphatic heterocycles. The molecule has 2 aromatic rings. The zero-order chi connectivity index (χ0) is 16.5. The van der Waals surface area contributed by atoms with Crippen molar-refractivity contribution in [2.75, 3.05) is 6.67 Å². The highest BCUT2D eigenvalue weighted by Gasteiger charge is 2.51. The van der Waals surface area contributed by atoms with Gasteiger partial charge in [0.15, 0.2) is 0 Å². The van der Waals surface area contributed by atoms with Crippen LogP contribution in [-0.2, 0) is 23.6 Å². The molecule has 0 aliphatic carbocycles. The summed E-state index contributed by atoms with van der Waals surface area (Å²) in [5, 5.41) is 16.6. The summed E-state index contributed by atoms with van der Waals surface area (Å²) in [5.74, 6) is 0. The highest BCUT2D eigenvalue weighted by molar-refractivity contribution is 7.86. The van der Waals surface area contributed by atoms with E-state index in [2.05, 4.69) is 17.4 Å². The second-order valence-corrected chi connectivity index (χ2v) is 8.45. The highest BCUT2D eigenvalue weighted by atomic mass is 32.2. The summed E-state index contributed by atoms with van der Waals surface area (Å²) >= 11 is 0. The molecule has 5 heteroatoms. The summed E-state index contributed by atoms with van der Waals surface area (Å²) in [4.78, 5) is 0. The molecule has 4 nitrogen and oxygen atoms in total. The minimum atomic E-state index is -1.03. The first-order chi connectivity index (χ1) is 11.7. The third-order valence-electron chi connectivity index (χ3n) is 5.12. The maximum absolute atomic E-state index is 13.2. The predicted octanol–water partition coefficient (Wildman–Crippen LogP) is 2.07. The molecule has 0 radical (unpaired) electrons. The lowest BCUT2D eigenvalue weighted by atomic mass is 9.96. The van der Waals surface area contributed by atoms with Crippen LogP contribution in [-0.4, -0.2) is 38.5 Å². The van der Waals surface area contributed by atoms with Gasteiger partial charge in [0.05, 0.1) is 10.5 Å². The second-order valence-electron chi connectivity index (χ2n) is 6.58. The molecule has 2 heterocycles. The average Bonchev–Trinajstić information content (AvgIpc) is 3.11. The lowest BCUT2D eigenvalue weighted by Crippen LogP contribution is -2.40. The molecule has 0 aromatic heterocycles. The first-order valence-corrected chi connectivity index (χ1v) is 9.66. The number of nitrogens with one attached hydrogen (secondary N) is 1. The van der Waals surface area contributed by atoms with Gasteiger partial charge in [-0.15, -0.1) is 0 Å². The van der Waals surface area contributed by atoms with Gasteiger partial charge in [0.2, 0.25) is 0 Å². The van der Waals surface area contributed by atoms with Crippen LogP contribution in [0, 0.1) is 5.21 Å². The molecule has 2 saturated heterocycles. The third kappa shape index (κ3) is 2.93. The van der Waals surface area contributed by atoms with Gasteiger partial charge in [-0.2, -0.15) is 0 Å². The number of fused-ring (bicyclic) bond motifs is 1. The largest absolute Gasteiger partial charge is 0.784 e. The first-order valence-electron chi connectivity index (χ1n) is 8.38. The van der Waals surface area contributed by atoms with Crippen molar-refractivity contribution in [3.05, 3.63) is 77.0 Å². The molecule has 1 N–H and O–H groups in total. The number of nitrogens with zero attached hydrogens (tertiary/aromatic N) is 1. The topological polar surface area (TPSA) is 55.4 Å². The van der Waals surface area contributed by atoms with E-state index in [1.165, 1.54) is 5.56 Å². The molecular weight excluding hydrogens is 320 g/mol. The van der Waals surface area contributed by atoms with Crippen molar-refractivity contribution in [1.82, 2.24) is 10.4 Å². The Kier molecular flexibility index (Phi) is 4.50. The second kappa shape index (κ2) is 6.76. The number of rotatable bonds is 4. The van der Waals surface area contributed by atoms with Crippen LogP contribution in [0.1, 0.15) is 11.1 Å². The average molecular weight is 341 g/mol. The van der Waals surface area contributed by atoms with Gasteiger partial charge >= 0.3 is 0 Å². The molecule has 2 fully saturated rings. The Morgan fingerprint density at radius 1 is 0.958 bits per heavy atom. The molecule has 24 heavy (non-hydrogen) atoms. The van der Waals surface area contributed by atoms with E-state index >= 15 is 0 Å². The fourth-order valence-corrected chi connectivity index (χ4v) is 6.27. The van der Waals surface area contributed by atoms with E-state index < -0.39 is 10.8 Å². The van der Waals surface area contributed by atoms with Crippen LogP contribution in [0.2, 0.25) is 0 Å². The van der Waals surface area contributed by atoms with E-state index in [0.717, 1.165) is 17.0 Å². The fourth-order valence-electron chi connectivity index (χ4n) is 3.98. The number of hydroxylamine groups is 2. The zero-order valence-corrected chi connectivity index (χ0v) is 14.2. The van der Waals surface area contributed by atoms with Gasteiger partial charge in [0, 0.05) is 29.6 Å². The van der Waals surface area contributed by atoms with Crippen LogP contribution < -0.4 is 5.32 Å². The van der Waals surface area contributed by atoms with Crippen molar-refractivity contribution in [2.45, 2.75) is 35.4 Å². The van der Waals surface area contributed by atoms with E-state index in [1.54, 1.807) is 0 Å². The Morgan fingerprint density at radius 2 is 1.50 bits per heavy atom. The van der Waals surface area contributed by atoms with Crippen molar-refractivity contribution in [2.24, 2.45) is 0 Å². The van der Waals surface area contributed by atoms with Gasteiger partial charge in [-0.3, -0.25) is 9.53 Å². The Hall–Kier alpha value is -1.53. The molecule has 0 saturated carbocycles. The smallest absolute Gasteiger partial charge is 0.0560 e. The van der Waals surface area contributed by atoms with Crippen LogP contribution >= 0.6 is 0 Å². The molecule has 5 atom stereocenters. The molecule has 0 amide bonds. The summed E-state index contributed by atoms with van der Waals surface area (Å²) in [7, 11) is -1.03. The Morgan fingerprint density at radius 3 is 2.08 bits per heavy atom. The van der Waals surface area contributed by atoms with E-state index in [9.17, 15) is 9.42 Å². The SMILES string of the molecule is O=S1C(Cc2ccccc2)[C@H]2NCN([O-])[C@H]2C1Cc1ccccc1. The van der Waals surface area contributed by atoms with Crippen LogP contribution in [0.15, 0.2) is 60.7 Å². The monoisotopic (exact) mass is 341 g/mol. The van der Waals surface area contributed by atoms with E-state index in [4.69, 9.17) is 0 Å². The minimum Gasteiger partial charge on any atom is -0.784 e. The number of hydrogen-bond acceptors (Lipinski definition) is 4. The maximum atomic E-state index is 13.2. The van der Waals surface area contributed by atoms with Gasteiger partial charge in [0.25, 0.3) is 0 Å². The summed E-state index contributed by atoms with van der Waals surface area (Å²) in [6.45, 7) is 0.336. The van der Waals surface area contributed by atoms with Gasteiger partial charge in [0.1, 0.15) is 0 Å². The van der Waals surface area contributed by atoms with Gasteiger partial charge in [-0.05, 0) is 24.0 Å². The Labute approximate surface area is 144 Å². The van der Waals surface area contributed by atoms with Gasteiger partial charge in [-0.25, -0.2) is 0 Å². The molecule has 3 unspecified atom stereocenters. The molecule has 0 bridgehead atoms. The van der Waals surface area contributed by atoms with E-state index in [1.807, 2.05) is 48.5 Å². The van der Waals surface area contributed by atoms with Crippen LogP contribution in [0.25, 0.3) is 0 Å². The van der Waals surface area contributed by atoms with Crippen molar-refractivity contribution < 1.29 is 4.21 Å². The third-order valence-corrected chi connectivity index (χ3v) is 7.22. The van der Waals surface area contributed by atoms with Crippen LogP contribution in [0.4, 0.5) is 0 Å². The van der Waals surface area contributed by atoms with E-state index in [0.29, 0.717) is 13.1 Å². The quantitative estimate of drug-likeness (QED) is 0.925. The standard InChI is InChI=1S/C19H21N2O2S/c22-21-13-20-18-16(11-14-7-3-1-4-8-14)24(23)17(19(18)21)12-15-9-5-2-6-10-15/h1-10,16-20H,11-13H2/q-1/t16?,17?,18-,19+,24?/m1/s1. The van der Waals surface area contributed by atoms with Gasteiger partial charge in [-0.1, -0.05) is 60.7 Å². The normalized spacial score (nSPS) is 32.8. The van der Waals surface area contributed by atoms with Crippen LogP contribution in [0.5, 0.6) is 0 Å². The van der Waals surface area contributed by atoms with Gasteiger partial charge < -0.3 is 10.3 Å². The molecular formula is C19H21N2O2S-. The summed E-state index contributed by atoms with van der Waals surface area (Å²) < 4.78 is 13.2. The van der Waals surface area contributed by atoms with Crippen LogP contribution in [0.3, 0.4) is 0 Å². The molecule has 126 valence electrons. The summed E-state index contributed by atoms with van der Waals surface area (Å²) in [6, 6.07) is 20.0. The van der Waals surface area contributed by atoms with Crippen molar-refractivity contribution in [1.29, 1.82) is 0 Å². The Balaban J connectivity index is 1.59. The lowest BCUT2D eigenvalue weighted by molar-refractivity contribution is 0.332. The molecule has 2 aromatic carbocycles. The first kappa shape index (κ1) is 16.0. The fraction of sp³-hybridized carbons (Fsp3) is 0.368. The molecule has 0 spiro atoms. The predicted molar refractivity (Wildman–Crippen MR) is 96.8 cm³/mol. The number of hydrogen-bond donors (Lipinski definition) is 1. The lowest BCUT2D eigenvalue weighted by Gasteiger charge is -2.32.